The third kappa shape index (κ3) is 5.59. The molecule has 8 heteroatoms. The van der Waals surface area contributed by atoms with Crippen molar-refractivity contribution in [3.63, 3.8) is 0 Å². The summed E-state index contributed by atoms with van der Waals surface area (Å²) in [6.45, 7) is 7.95. The fraction of sp³-hybridized carbons (Fsp3) is 0.368. The fourth-order valence-corrected chi connectivity index (χ4v) is 3.98. The van der Waals surface area contributed by atoms with Crippen LogP contribution in [0.3, 0.4) is 0 Å². The van der Waals surface area contributed by atoms with Crippen LogP contribution in [0.1, 0.15) is 16.7 Å². The summed E-state index contributed by atoms with van der Waals surface area (Å²) in [5, 5.41) is 0.475. The Hall–Kier alpha value is -1.31. The molecule has 0 saturated carbocycles. The summed E-state index contributed by atoms with van der Waals surface area (Å²) in [5.41, 5.74) is 2.96. The van der Waals surface area contributed by atoms with Crippen molar-refractivity contribution in [3.8, 4) is 5.75 Å². The highest BCUT2D eigenvalue weighted by Gasteiger charge is 2.19. The molecule has 0 spiro atoms. The highest BCUT2D eigenvalue weighted by atomic mass is 35.5. The molecule has 2 aromatic rings. The third-order valence-electron chi connectivity index (χ3n) is 4.43. The Kier molecular flexibility index (Phi) is 7.54. The number of hydrogen-bond donors (Lipinski definition) is 0. The van der Waals surface area contributed by atoms with Crippen LogP contribution in [0.5, 0.6) is 5.75 Å². The lowest BCUT2D eigenvalue weighted by atomic mass is 10.0. The van der Waals surface area contributed by atoms with Gasteiger partial charge in [0.15, 0.2) is 0 Å². The Morgan fingerprint density at radius 2 is 1.70 bits per heavy atom. The lowest BCUT2D eigenvalue weighted by Gasteiger charge is -2.27. The summed E-state index contributed by atoms with van der Waals surface area (Å²) in [5.74, 6) is 0.350. The van der Waals surface area contributed by atoms with E-state index in [0.717, 1.165) is 44.0 Å². The van der Waals surface area contributed by atoms with Crippen LogP contribution in [-0.4, -0.2) is 39.6 Å². The summed E-state index contributed by atoms with van der Waals surface area (Å²) in [6, 6.07) is 9.72. The van der Waals surface area contributed by atoms with E-state index in [-0.39, 0.29) is 17.3 Å². The van der Waals surface area contributed by atoms with E-state index in [1.54, 1.807) is 6.07 Å². The van der Waals surface area contributed by atoms with Crippen molar-refractivity contribution in [3.05, 3.63) is 58.1 Å². The van der Waals surface area contributed by atoms with E-state index in [0.29, 0.717) is 10.8 Å². The van der Waals surface area contributed by atoms with Crippen molar-refractivity contribution in [2.75, 3.05) is 26.3 Å². The minimum Gasteiger partial charge on any atom is -0.379 e. The first-order chi connectivity index (χ1) is 12.3. The second-order valence-corrected chi connectivity index (χ2v) is 8.41. The Morgan fingerprint density at radius 3 is 2.33 bits per heavy atom. The zero-order valence-corrected chi connectivity index (χ0v) is 17.7. The van der Waals surface area contributed by atoms with E-state index >= 15 is 0 Å². The zero-order chi connectivity index (χ0) is 18.7. The zero-order valence-electron chi connectivity index (χ0n) is 15.3. The van der Waals surface area contributed by atoms with Gasteiger partial charge >= 0.3 is 10.1 Å². The molecule has 0 amide bonds. The molecule has 0 bridgehead atoms. The number of nitrogens with zero attached hydrogens (tertiary/aromatic N) is 1. The summed E-state index contributed by atoms with van der Waals surface area (Å²) in [4.78, 5) is 2.41. The molecule has 0 atom stereocenters. The molecule has 1 saturated heterocycles. The molecule has 27 heavy (non-hydrogen) atoms. The molecule has 0 radical (unpaired) electrons. The second kappa shape index (κ2) is 9.26. The van der Waals surface area contributed by atoms with Gasteiger partial charge < -0.3 is 8.92 Å². The molecule has 3 rings (SSSR count). The molecule has 5 nitrogen and oxygen atoms in total. The maximum atomic E-state index is 12.5. The van der Waals surface area contributed by atoms with Crippen LogP contribution in [0, 0.1) is 13.8 Å². The lowest BCUT2D eigenvalue weighted by molar-refractivity contribution is 0.0341. The van der Waals surface area contributed by atoms with Gasteiger partial charge in [-0.25, -0.2) is 0 Å². The van der Waals surface area contributed by atoms with Crippen molar-refractivity contribution in [1.29, 1.82) is 0 Å². The SMILES string of the molecule is Cc1cc(OS(=O)(=O)c2ccc(Cl)cc2)c(C)cc1CN1CCOCC1.Cl. The van der Waals surface area contributed by atoms with Crippen molar-refractivity contribution >= 4 is 34.1 Å². The van der Waals surface area contributed by atoms with Crippen molar-refractivity contribution in [2.45, 2.75) is 25.3 Å². The third-order valence-corrected chi connectivity index (χ3v) is 5.93. The van der Waals surface area contributed by atoms with Gasteiger partial charge in [-0.1, -0.05) is 17.7 Å². The van der Waals surface area contributed by atoms with Gasteiger partial charge in [-0.05, 0) is 60.9 Å². The number of halogens is 2. The normalized spacial score (nSPS) is 15.2. The van der Waals surface area contributed by atoms with E-state index in [1.165, 1.54) is 29.8 Å². The van der Waals surface area contributed by atoms with Gasteiger partial charge in [0.05, 0.1) is 13.2 Å². The largest absolute Gasteiger partial charge is 0.379 e. The number of aryl methyl sites for hydroxylation is 2. The van der Waals surface area contributed by atoms with Gasteiger partial charge in [-0.3, -0.25) is 4.90 Å². The molecule has 0 unspecified atom stereocenters. The first kappa shape index (κ1) is 22.0. The van der Waals surface area contributed by atoms with Crippen LogP contribution >= 0.6 is 24.0 Å². The molecule has 148 valence electrons. The molecule has 2 aromatic carbocycles. The van der Waals surface area contributed by atoms with E-state index in [2.05, 4.69) is 4.90 Å². The van der Waals surface area contributed by atoms with Crippen LogP contribution < -0.4 is 4.18 Å². The number of ether oxygens (including phenoxy) is 1. The molecule has 1 heterocycles. The van der Waals surface area contributed by atoms with E-state index < -0.39 is 10.1 Å². The molecule has 1 aliphatic heterocycles. The molecule has 0 aliphatic carbocycles. The maximum absolute atomic E-state index is 12.5. The molecular weight excluding hydrogens is 409 g/mol. The standard InChI is InChI=1S/C19H22ClNO4S.ClH/c1-14-12-19(25-26(22,23)18-5-3-17(20)4-6-18)15(2)11-16(14)13-21-7-9-24-10-8-21;/h3-6,11-12H,7-10,13H2,1-2H3;1H. The highest BCUT2D eigenvalue weighted by Crippen LogP contribution is 2.27. The van der Waals surface area contributed by atoms with Crippen LogP contribution in [-0.2, 0) is 21.4 Å². The smallest absolute Gasteiger partial charge is 0.339 e. The van der Waals surface area contributed by atoms with Crippen molar-refractivity contribution in [2.24, 2.45) is 0 Å². The average molecular weight is 432 g/mol. The van der Waals surface area contributed by atoms with Crippen LogP contribution in [0.4, 0.5) is 0 Å². The van der Waals surface area contributed by atoms with E-state index in [1.807, 2.05) is 19.9 Å². The quantitative estimate of drug-likeness (QED) is 0.670. The highest BCUT2D eigenvalue weighted by molar-refractivity contribution is 7.87. The van der Waals surface area contributed by atoms with Gasteiger partial charge in [-0.15, -0.1) is 12.4 Å². The minimum absolute atomic E-state index is 0. The number of benzene rings is 2. The summed E-state index contributed by atoms with van der Waals surface area (Å²) in [7, 11) is -3.89. The van der Waals surface area contributed by atoms with Gasteiger partial charge in [0, 0.05) is 24.7 Å². The van der Waals surface area contributed by atoms with Gasteiger partial charge in [0.25, 0.3) is 0 Å². The molecule has 0 N–H and O–H groups in total. The first-order valence-corrected chi connectivity index (χ1v) is 10.2. The lowest BCUT2D eigenvalue weighted by Crippen LogP contribution is -2.35. The minimum atomic E-state index is -3.89. The monoisotopic (exact) mass is 431 g/mol. The second-order valence-electron chi connectivity index (χ2n) is 6.42. The summed E-state index contributed by atoms with van der Waals surface area (Å²) < 4.78 is 35.7. The molecule has 1 aliphatic rings. The predicted molar refractivity (Wildman–Crippen MR) is 109 cm³/mol. The van der Waals surface area contributed by atoms with Crippen molar-refractivity contribution in [1.82, 2.24) is 4.90 Å². The number of morpholine rings is 1. The Morgan fingerprint density at radius 1 is 1.07 bits per heavy atom. The Bertz CT molecular complexity index is 879. The van der Waals surface area contributed by atoms with Crippen LogP contribution in [0.25, 0.3) is 0 Å². The number of hydrogen-bond acceptors (Lipinski definition) is 5. The van der Waals surface area contributed by atoms with Gasteiger partial charge in [-0.2, -0.15) is 8.42 Å². The summed E-state index contributed by atoms with van der Waals surface area (Å²) >= 11 is 5.82. The molecule has 1 fully saturated rings. The molecular formula is C19H23Cl2NO4S. The Labute approximate surface area is 171 Å². The summed E-state index contributed by atoms with van der Waals surface area (Å²) in [6.07, 6.45) is 0. The van der Waals surface area contributed by atoms with Crippen LogP contribution in [0.2, 0.25) is 5.02 Å². The van der Waals surface area contributed by atoms with E-state index in [4.69, 9.17) is 20.5 Å². The topological polar surface area (TPSA) is 55.8 Å². The first-order valence-electron chi connectivity index (χ1n) is 8.45. The van der Waals surface area contributed by atoms with E-state index in [9.17, 15) is 8.42 Å². The Balaban J connectivity index is 0.00000261. The van der Waals surface area contributed by atoms with Gasteiger partial charge in [0.2, 0.25) is 0 Å². The van der Waals surface area contributed by atoms with Gasteiger partial charge in [0.1, 0.15) is 10.6 Å². The average Bonchev–Trinajstić information content (AvgIpc) is 2.60. The predicted octanol–water partition coefficient (Wildman–Crippen LogP) is 3.98. The van der Waals surface area contributed by atoms with Crippen LogP contribution in [0.15, 0.2) is 41.3 Å². The maximum Gasteiger partial charge on any atom is 0.339 e. The molecule has 0 aromatic heterocycles. The number of rotatable bonds is 5. The van der Waals surface area contributed by atoms with Crippen molar-refractivity contribution < 1.29 is 17.3 Å². The fourth-order valence-electron chi connectivity index (χ4n) is 2.88.